The van der Waals surface area contributed by atoms with Gasteiger partial charge in [0.1, 0.15) is 0 Å². The second kappa shape index (κ2) is 12.9. The van der Waals surface area contributed by atoms with E-state index in [0.717, 1.165) is 6.92 Å². The molecule has 0 aliphatic heterocycles. The lowest BCUT2D eigenvalue weighted by Gasteiger charge is -2.72. The van der Waals surface area contributed by atoms with Crippen molar-refractivity contribution in [3.63, 3.8) is 0 Å². The third-order valence-corrected chi connectivity index (χ3v) is 11.8. The normalized spacial score (nSPS) is 29.1. The van der Waals surface area contributed by atoms with Crippen LogP contribution < -0.4 is 0 Å². The quantitative estimate of drug-likeness (QED) is 0.122. The van der Waals surface area contributed by atoms with Gasteiger partial charge in [-0.05, 0) is 88.4 Å². The maximum Gasteiger partial charge on any atom is 0.460 e. The Kier molecular flexibility index (Phi) is 11.0. The van der Waals surface area contributed by atoms with Crippen LogP contribution in [-0.2, 0) is 9.47 Å². The Morgan fingerprint density at radius 1 is 0.635 bits per heavy atom. The van der Waals surface area contributed by atoms with Crippen molar-refractivity contribution in [3.05, 3.63) is 0 Å². The summed E-state index contributed by atoms with van der Waals surface area (Å²) in [6.45, 7) is 4.42. The minimum atomic E-state index is -8.28. The maximum atomic E-state index is 16.8. The summed E-state index contributed by atoms with van der Waals surface area (Å²) in [5.41, 5.74) is -13.9. The van der Waals surface area contributed by atoms with Crippen LogP contribution in [0, 0.1) is 45.3 Å². The number of ether oxygens (including phenoxy) is 2. The number of halogens is 18. The molecule has 4 aliphatic rings. The van der Waals surface area contributed by atoms with Crippen molar-refractivity contribution in [3.8, 4) is 6.07 Å². The highest BCUT2D eigenvalue weighted by Crippen LogP contribution is 2.80. The molecular weight excluding hydrogens is 760 g/mol. The van der Waals surface area contributed by atoms with Crippen LogP contribution in [0.15, 0.2) is 0 Å². The zero-order valence-electron chi connectivity index (χ0n) is 28.2. The topological polar surface area (TPSA) is 42.2 Å². The second-order valence-electron chi connectivity index (χ2n) is 14.9. The van der Waals surface area contributed by atoms with Crippen LogP contribution in [0.3, 0.4) is 0 Å². The Balaban J connectivity index is 2.66. The third-order valence-electron chi connectivity index (χ3n) is 11.8. The molecule has 4 saturated carbocycles. The van der Waals surface area contributed by atoms with E-state index in [9.17, 15) is 49.2 Å². The first-order valence-electron chi connectivity index (χ1n) is 16.1. The lowest BCUT2D eigenvalue weighted by atomic mass is 9.34. The molecule has 4 bridgehead atoms. The largest absolute Gasteiger partial charge is 0.460 e. The van der Waals surface area contributed by atoms with Gasteiger partial charge in [0, 0.05) is 17.9 Å². The Bertz CT molecular complexity index is 1290. The van der Waals surface area contributed by atoms with E-state index in [1.165, 1.54) is 20.8 Å². The first-order valence-corrected chi connectivity index (χ1v) is 16.1. The third kappa shape index (κ3) is 5.77. The number of rotatable bonds is 15. The maximum absolute atomic E-state index is 16.8. The molecule has 0 saturated heterocycles. The molecule has 0 aromatic rings. The van der Waals surface area contributed by atoms with Gasteiger partial charge in [0.15, 0.2) is 6.29 Å². The first-order chi connectivity index (χ1) is 23.0. The molecule has 4 aliphatic carbocycles. The molecule has 4 fully saturated rings. The van der Waals surface area contributed by atoms with E-state index < -0.39 is 120 Å². The minimum absolute atomic E-state index is 0.0882. The summed E-state index contributed by atoms with van der Waals surface area (Å²) in [4.78, 5) is 0. The highest BCUT2D eigenvalue weighted by atomic mass is 19.4. The number of hydrogen-bond acceptors (Lipinski definition) is 3. The van der Waals surface area contributed by atoms with Gasteiger partial charge in [-0.2, -0.15) is 84.3 Å². The Labute approximate surface area is 286 Å². The fraction of sp³-hybridized carbons (Fsp3) is 0.968. The van der Waals surface area contributed by atoms with Crippen molar-refractivity contribution in [2.24, 2.45) is 34.0 Å². The van der Waals surface area contributed by atoms with Gasteiger partial charge in [0.05, 0.1) is 6.07 Å². The number of hydrogen-bond donors (Lipinski definition) is 0. The zero-order valence-corrected chi connectivity index (χ0v) is 28.2. The molecule has 5 atom stereocenters. The summed E-state index contributed by atoms with van der Waals surface area (Å²) in [5.74, 6) is -52.4. The van der Waals surface area contributed by atoms with E-state index in [0.29, 0.717) is 0 Å². The van der Waals surface area contributed by atoms with E-state index in [-0.39, 0.29) is 39.0 Å². The average molecular weight is 798 g/mol. The van der Waals surface area contributed by atoms with Crippen LogP contribution in [0.4, 0.5) is 79.0 Å². The standard InChI is InChI=1S/C31H37F18NO2/c1-6-20(5,9-16(3)14-50)21-10-18-8-19(11-21)13-22(12-18,15-21)23(52-17(4)51-7-2,24(32,33)26(36,37)28(40,41)30(44,45)46)25(34,35)27(38,39)29(42,43)31(47,48)49/h16-19H,6-13,15H2,1-5H3. The molecular formula is C31H37F18NO2. The summed E-state index contributed by atoms with van der Waals surface area (Å²) in [7, 11) is 0. The molecule has 0 radical (unpaired) electrons. The van der Waals surface area contributed by atoms with Crippen molar-refractivity contribution in [2.45, 2.75) is 146 Å². The van der Waals surface area contributed by atoms with Gasteiger partial charge < -0.3 is 9.47 Å². The Morgan fingerprint density at radius 3 is 1.35 bits per heavy atom. The van der Waals surface area contributed by atoms with E-state index in [2.05, 4.69) is 9.47 Å². The molecule has 0 N–H and O–H groups in total. The molecule has 52 heavy (non-hydrogen) atoms. The summed E-state index contributed by atoms with van der Waals surface area (Å²) < 4.78 is 278. The lowest BCUT2D eigenvalue weighted by Crippen LogP contribution is -2.85. The fourth-order valence-electron chi connectivity index (χ4n) is 9.68. The minimum Gasteiger partial charge on any atom is -0.353 e. The highest BCUT2D eigenvalue weighted by molar-refractivity contribution is 5.30. The Morgan fingerprint density at radius 2 is 1.02 bits per heavy atom. The SMILES string of the molecule is CCOC(C)OC(C12CC3CC(CC(C(C)(CC)CC(C)C#N)(C3)C1)C2)(C(F)(F)C(F)(F)C(F)(F)C(F)(F)F)C(F)(F)C(F)(F)C(F)(F)C(F)(F)F. The molecule has 304 valence electrons. The summed E-state index contributed by atoms with van der Waals surface area (Å²) in [5, 5.41) is 9.51. The van der Waals surface area contributed by atoms with Crippen LogP contribution in [0.25, 0.3) is 0 Å². The zero-order chi connectivity index (χ0) is 40.8. The molecule has 0 aromatic carbocycles. The lowest BCUT2D eigenvalue weighted by molar-refractivity contribution is -0.502. The van der Waals surface area contributed by atoms with Crippen LogP contribution in [-0.4, -0.2) is 66.4 Å². The molecule has 0 spiro atoms. The fourth-order valence-corrected chi connectivity index (χ4v) is 9.68. The van der Waals surface area contributed by atoms with Crippen LogP contribution in [0.5, 0.6) is 0 Å². The molecule has 0 heterocycles. The van der Waals surface area contributed by atoms with E-state index in [4.69, 9.17) is 0 Å². The molecule has 0 amide bonds. The van der Waals surface area contributed by atoms with Crippen LogP contribution in [0.2, 0.25) is 0 Å². The smallest absolute Gasteiger partial charge is 0.353 e. The highest BCUT2D eigenvalue weighted by Gasteiger charge is 2.99. The Hall–Kier alpha value is -1.85. The van der Waals surface area contributed by atoms with E-state index in [1.54, 1.807) is 0 Å². The van der Waals surface area contributed by atoms with Crippen LogP contribution >= 0.6 is 0 Å². The van der Waals surface area contributed by atoms with Gasteiger partial charge in [-0.15, -0.1) is 0 Å². The average Bonchev–Trinajstić information content (AvgIpc) is 2.97. The number of nitrogens with zero attached hydrogens (tertiary/aromatic N) is 1. The van der Waals surface area contributed by atoms with Gasteiger partial charge in [-0.25, -0.2) is 0 Å². The second-order valence-corrected chi connectivity index (χ2v) is 14.9. The van der Waals surface area contributed by atoms with Gasteiger partial charge in [-0.3, -0.25) is 0 Å². The summed E-state index contributed by atoms with van der Waals surface area (Å²) in [6, 6.07) is 1.86. The summed E-state index contributed by atoms with van der Waals surface area (Å²) in [6.07, 6.45) is -23.9. The van der Waals surface area contributed by atoms with Crippen LogP contribution in [0.1, 0.15) is 86.0 Å². The van der Waals surface area contributed by atoms with Gasteiger partial charge in [-0.1, -0.05) is 20.3 Å². The molecule has 5 unspecified atom stereocenters. The molecule has 0 aromatic heterocycles. The van der Waals surface area contributed by atoms with Gasteiger partial charge in [0.2, 0.25) is 5.60 Å². The predicted molar refractivity (Wildman–Crippen MR) is 144 cm³/mol. The summed E-state index contributed by atoms with van der Waals surface area (Å²) >= 11 is 0. The van der Waals surface area contributed by atoms with Gasteiger partial charge >= 0.3 is 47.9 Å². The molecule has 21 heteroatoms. The van der Waals surface area contributed by atoms with E-state index in [1.807, 2.05) is 6.07 Å². The monoisotopic (exact) mass is 797 g/mol. The van der Waals surface area contributed by atoms with Crippen molar-refractivity contribution >= 4 is 0 Å². The van der Waals surface area contributed by atoms with E-state index >= 15 is 35.1 Å². The first kappa shape index (κ1) is 44.5. The molecule has 4 rings (SSSR count). The van der Waals surface area contributed by atoms with Crippen molar-refractivity contribution in [1.82, 2.24) is 0 Å². The molecule has 3 nitrogen and oxygen atoms in total. The van der Waals surface area contributed by atoms with Crippen molar-refractivity contribution in [1.29, 1.82) is 5.26 Å². The van der Waals surface area contributed by atoms with Crippen molar-refractivity contribution < 1.29 is 88.5 Å². The number of alkyl halides is 18. The predicted octanol–water partition coefficient (Wildman–Crippen LogP) is 11.6. The number of nitriles is 1. The van der Waals surface area contributed by atoms with Crippen molar-refractivity contribution in [2.75, 3.05) is 6.61 Å². The van der Waals surface area contributed by atoms with Gasteiger partial charge in [0.25, 0.3) is 0 Å².